The molecule has 1 rings (SSSR count). The molecule has 0 radical (unpaired) electrons. The summed E-state index contributed by atoms with van der Waals surface area (Å²) in [5.41, 5.74) is 1.03. The number of rotatable bonds is 10. The highest BCUT2D eigenvalue weighted by Crippen LogP contribution is 2.11. The van der Waals surface area contributed by atoms with Crippen molar-refractivity contribution in [2.75, 3.05) is 6.61 Å². The molecule has 0 aliphatic rings. The van der Waals surface area contributed by atoms with Crippen molar-refractivity contribution >= 4 is 0 Å². The van der Waals surface area contributed by atoms with Gasteiger partial charge >= 0.3 is 0 Å². The first-order valence-electron chi connectivity index (χ1n) is 6.92. The maximum Gasteiger partial charge on any atom is 0.139 e. The van der Waals surface area contributed by atoms with Crippen LogP contribution < -0.4 is 0 Å². The Morgan fingerprint density at radius 1 is 1.06 bits per heavy atom. The van der Waals surface area contributed by atoms with Gasteiger partial charge in [0.05, 0.1) is 12.3 Å². The molecule has 3 nitrogen and oxygen atoms in total. The van der Waals surface area contributed by atoms with E-state index in [0.29, 0.717) is 6.42 Å². The smallest absolute Gasteiger partial charge is 0.139 e. The lowest BCUT2D eigenvalue weighted by Gasteiger charge is -1.99. The fraction of sp³-hybridized carbons (Fsp3) is 0.786. The van der Waals surface area contributed by atoms with Gasteiger partial charge in [-0.05, 0) is 12.8 Å². The van der Waals surface area contributed by atoms with Crippen molar-refractivity contribution in [2.45, 2.75) is 64.7 Å². The van der Waals surface area contributed by atoms with Crippen molar-refractivity contribution in [3.63, 3.8) is 0 Å². The molecule has 0 spiro atoms. The Labute approximate surface area is 104 Å². The van der Waals surface area contributed by atoms with Gasteiger partial charge in [-0.3, -0.25) is 0 Å². The van der Waals surface area contributed by atoms with Crippen LogP contribution in [0.1, 0.15) is 63.3 Å². The first-order chi connectivity index (χ1) is 8.36. The second-order valence-corrected chi connectivity index (χ2v) is 4.63. The number of aliphatic hydroxyl groups excluding tert-OH is 1. The minimum atomic E-state index is 0.131. The number of aryl methyl sites for hydroxylation is 1. The van der Waals surface area contributed by atoms with Crippen molar-refractivity contribution in [1.82, 2.24) is 5.16 Å². The first kappa shape index (κ1) is 14.2. The van der Waals surface area contributed by atoms with E-state index in [0.717, 1.165) is 17.9 Å². The van der Waals surface area contributed by atoms with Gasteiger partial charge in [0.15, 0.2) is 0 Å². The van der Waals surface area contributed by atoms with E-state index in [2.05, 4.69) is 12.1 Å². The van der Waals surface area contributed by atoms with E-state index in [1.54, 1.807) is 0 Å². The molecule has 0 bridgehead atoms. The molecule has 0 atom stereocenters. The molecule has 1 aromatic rings. The number of aliphatic hydroxyl groups is 1. The molecule has 0 saturated carbocycles. The second-order valence-electron chi connectivity index (χ2n) is 4.63. The predicted molar refractivity (Wildman–Crippen MR) is 69.0 cm³/mol. The normalized spacial score (nSPS) is 10.9. The fourth-order valence-electron chi connectivity index (χ4n) is 1.96. The Kier molecular flexibility index (Phi) is 7.72. The molecule has 0 aliphatic carbocycles. The van der Waals surface area contributed by atoms with Crippen molar-refractivity contribution < 1.29 is 9.63 Å². The predicted octanol–water partition coefficient (Wildman–Crippen LogP) is 3.50. The number of hydrogen-bond donors (Lipinski definition) is 1. The summed E-state index contributed by atoms with van der Waals surface area (Å²) in [6.07, 6.45) is 10.8. The Morgan fingerprint density at radius 2 is 1.76 bits per heavy atom. The largest absolute Gasteiger partial charge is 0.396 e. The van der Waals surface area contributed by atoms with Crippen LogP contribution in [0.4, 0.5) is 0 Å². The molecular formula is C14H25NO2. The van der Waals surface area contributed by atoms with Gasteiger partial charge in [0.1, 0.15) is 5.76 Å². The zero-order chi connectivity index (χ0) is 12.3. The lowest BCUT2D eigenvalue weighted by atomic mass is 10.1. The van der Waals surface area contributed by atoms with Gasteiger partial charge < -0.3 is 9.63 Å². The number of unbranched alkanes of at least 4 members (excludes halogenated alkanes) is 6. The second kappa shape index (κ2) is 9.23. The van der Waals surface area contributed by atoms with Crippen LogP contribution in [0.2, 0.25) is 0 Å². The first-order valence-corrected chi connectivity index (χ1v) is 6.92. The summed E-state index contributed by atoms with van der Waals surface area (Å²) in [4.78, 5) is 0. The number of nitrogens with zero attached hydrogens (tertiary/aromatic N) is 1. The summed E-state index contributed by atoms with van der Waals surface area (Å²) in [5.74, 6) is 0.797. The van der Waals surface area contributed by atoms with Crippen LogP contribution in [-0.4, -0.2) is 16.9 Å². The average Bonchev–Trinajstić information content (AvgIpc) is 2.76. The van der Waals surface area contributed by atoms with E-state index >= 15 is 0 Å². The van der Waals surface area contributed by atoms with E-state index in [4.69, 9.17) is 9.63 Å². The Hall–Kier alpha value is -0.830. The van der Waals surface area contributed by atoms with Crippen LogP contribution in [0.5, 0.6) is 0 Å². The molecule has 0 saturated heterocycles. The van der Waals surface area contributed by atoms with Crippen molar-refractivity contribution in [3.05, 3.63) is 17.5 Å². The zero-order valence-corrected chi connectivity index (χ0v) is 11.0. The van der Waals surface area contributed by atoms with E-state index in [1.165, 1.54) is 44.9 Å². The molecule has 3 heteroatoms. The number of aromatic nitrogens is 1. The van der Waals surface area contributed by atoms with E-state index in [9.17, 15) is 0 Å². The average molecular weight is 239 g/mol. The van der Waals surface area contributed by atoms with Gasteiger partial charge in [0.25, 0.3) is 0 Å². The molecule has 1 N–H and O–H groups in total. The van der Waals surface area contributed by atoms with Crippen molar-refractivity contribution in [1.29, 1.82) is 0 Å². The maximum atomic E-state index is 8.76. The third kappa shape index (κ3) is 6.47. The van der Waals surface area contributed by atoms with Crippen LogP contribution in [0.15, 0.2) is 10.6 Å². The SMILES string of the molecule is CCCCCCCCCc1cc(CCO)on1. The molecule has 17 heavy (non-hydrogen) atoms. The lowest BCUT2D eigenvalue weighted by molar-refractivity contribution is 0.276. The van der Waals surface area contributed by atoms with Gasteiger partial charge in [0.2, 0.25) is 0 Å². The highest BCUT2D eigenvalue weighted by Gasteiger charge is 2.03. The van der Waals surface area contributed by atoms with Crippen molar-refractivity contribution in [2.24, 2.45) is 0 Å². The van der Waals surface area contributed by atoms with Crippen LogP contribution in [-0.2, 0) is 12.8 Å². The zero-order valence-electron chi connectivity index (χ0n) is 11.0. The summed E-state index contributed by atoms with van der Waals surface area (Å²) in [7, 11) is 0. The third-order valence-electron chi connectivity index (χ3n) is 3.00. The molecule has 0 aliphatic heterocycles. The fourth-order valence-corrected chi connectivity index (χ4v) is 1.96. The monoisotopic (exact) mass is 239 g/mol. The van der Waals surface area contributed by atoms with Gasteiger partial charge in [-0.2, -0.15) is 0 Å². The lowest BCUT2D eigenvalue weighted by Crippen LogP contribution is -1.87. The maximum absolute atomic E-state index is 8.76. The van der Waals surface area contributed by atoms with Gasteiger partial charge in [-0.1, -0.05) is 50.6 Å². The van der Waals surface area contributed by atoms with Gasteiger partial charge in [-0.15, -0.1) is 0 Å². The molecule has 0 amide bonds. The summed E-state index contributed by atoms with van der Waals surface area (Å²) >= 11 is 0. The Morgan fingerprint density at radius 3 is 2.47 bits per heavy atom. The molecule has 1 aromatic heterocycles. The summed E-state index contributed by atoms with van der Waals surface area (Å²) in [5, 5.41) is 12.8. The summed E-state index contributed by atoms with van der Waals surface area (Å²) in [6.45, 7) is 2.38. The highest BCUT2D eigenvalue weighted by molar-refractivity contribution is 5.05. The van der Waals surface area contributed by atoms with Crippen LogP contribution >= 0.6 is 0 Å². The topological polar surface area (TPSA) is 46.3 Å². The van der Waals surface area contributed by atoms with Gasteiger partial charge in [-0.25, -0.2) is 0 Å². The summed E-state index contributed by atoms with van der Waals surface area (Å²) in [6, 6.07) is 1.97. The van der Waals surface area contributed by atoms with E-state index < -0.39 is 0 Å². The molecular weight excluding hydrogens is 214 g/mol. The Balaban J connectivity index is 2.01. The minimum absolute atomic E-state index is 0.131. The number of hydrogen-bond acceptors (Lipinski definition) is 3. The quantitative estimate of drug-likeness (QED) is 0.636. The molecule has 98 valence electrons. The van der Waals surface area contributed by atoms with Crippen LogP contribution in [0.25, 0.3) is 0 Å². The third-order valence-corrected chi connectivity index (χ3v) is 3.00. The molecule has 1 heterocycles. The van der Waals surface area contributed by atoms with Crippen LogP contribution in [0, 0.1) is 0 Å². The highest BCUT2D eigenvalue weighted by atomic mass is 16.5. The molecule has 0 aromatic carbocycles. The molecule has 0 fully saturated rings. The standard InChI is InChI=1S/C14H25NO2/c1-2-3-4-5-6-7-8-9-13-12-14(10-11-16)17-15-13/h12,16H,2-11H2,1H3. The Bertz CT molecular complexity index is 284. The van der Waals surface area contributed by atoms with E-state index in [1.807, 2.05) is 6.07 Å². The van der Waals surface area contributed by atoms with E-state index in [-0.39, 0.29) is 6.61 Å². The van der Waals surface area contributed by atoms with Gasteiger partial charge in [0, 0.05) is 12.5 Å². The van der Waals surface area contributed by atoms with Crippen molar-refractivity contribution in [3.8, 4) is 0 Å². The van der Waals surface area contributed by atoms with Crippen LogP contribution in [0.3, 0.4) is 0 Å². The summed E-state index contributed by atoms with van der Waals surface area (Å²) < 4.78 is 5.11. The minimum Gasteiger partial charge on any atom is -0.396 e. The molecule has 0 unspecified atom stereocenters.